The van der Waals surface area contributed by atoms with Crippen LogP contribution in [-0.2, 0) is 22.6 Å². The smallest absolute Gasteiger partial charge is 0.123 e. The lowest BCUT2D eigenvalue weighted by Crippen LogP contribution is -2.35. The summed E-state index contributed by atoms with van der Waals surface area (Å²) in [6, 6.07) is 6.47. The Hall–Kier alpha value is -0.560. The fraction of sp³-hybridized carbons (Fsp3) is 0.684. The van der Waals surface area contributed by atoms with Crippen molar-refractivity contribution in [1.82, 2.24) is 10.2 Å². The van der Waals surface area contributed by atoms with E-state index in [9.17, 15) is 0 Å². The van der Waals surface area contributed by atoms with Crippen molar-refractivity contribution < 1.29 is 14.2 Å². The fourth-order valence-electron chi connectivity index (χ4n) is 2.81. The van der Waals surface area contributed by atoms with Crippen LogP contribution in [0.3, 0.4) is 0 Å². The first-order valence-corrected chi connectivity index (χ1v) is 8.97. The summed E-state index contributed by atoms with van der Waals surface area (Å²) in [6.45, 7) is 11.3. The van der Waals surface area contributed by atoms with Crippen LogP contribution in [0.15, 0.2) is 18.2 Å². The van der Waals surface area contributed by atoms with E-state index in [0.717, 1.165) is 64.7 Å². The molecule has 1 N–H and O–H groups in total. The monoisotopic (exact) mass is 408 g/mol. The zero-order valence-corrected chi connectivity index (χ0v) is 17.8. The molecule has 0 unspecified atom stereocenters. The minimum Gasteiger partial charge on any atom is -0.496 e. The molecule has 0 saturated carbocycles. The SMILES string of the molecule is COc1ccc(CNCCCOC(C)C)cc1CN1CCOCC1.Cl.Cl. The molecular formula is C19H34Cl2N2O3. The van der Waals surface area contributed by atoms with Crippen LogP contribution in [0.25, 0.3) is 0 Å². The van der Waals surface area contributed by atoms with E-state index in [1.54, 1.807) is 7.11 Å². The highest BCUT2D eigenvalue weighted by Crippen LogP contribution is 2.22. The molecular weight excluding hydrogens is 375 g/mol. The molecule has 7 heteroatoms. The molecule has 1 aliphatic rings. The molecule has 1 fully saturated rings. The number of nitrogens with one attached hydrogen (secondary N) is 1. The summed E-state index contributed by atoms with van der Waals surface area (Å²) >= 11 is 0. The molecule has 0 spiro atoms. The first kappa shape index (κ1) is 25.4. The molecule has 0 radical (unpaired) electrons. The van der Waals surface area contributed by atoms with E-state index < -0.39 is 0 Å². The zero-order chi connectivity index (χ0) is 17.2. The van der Waals surface area contributed by atoms with Crippen LogP contribution in [0.4, 0.5) is 0 Å². The largest absolute Gasteiger partial charge is 0.496 e. The van der Waals surface area contributed by atoms with Crippen molar-refractivity contribution in [3.63, 3.8) is 0 Å². The summed E-state index contributed by atoms with van der Waals surface area (Å²) in [5, 5.41) is 3.49. The number of nitrogens with zero attached hydrogens (tertiary/aromatic N) is 1. The minimum absolute atomic E-state index is 0. The average Bonchev–Trinajstić information content (AvgIpc) is 2.59. The topological polar surface area (TPSA) is 43.0 Å². The maximum atomic E-state index is 5.56. The molecule has 26 heavy (non-hydrogen) atoms. The molecule has 1 aromatic carbocycles. The lowest BCUT2D eigenvalue weighted by Gasteiger charge is -2.27. The van der Waals surface area contributed by atoms with Crippen molar-refractivity contribution in [1.29, 1.82) is 0 Å². The molecule has 0 bridgehead atoms. The van der Waals surface area contributed by atoms with Gasteiger partial charge in [0.2, 0.25) is 0 Å². The number of rotatable bonds is 10. The second kappa shape index (κ2) is 14.5. The van der Waals surface area contributed by atoms with Gasteiger partial charge in [-0.05, 0) is 44.5 Å². The molecule has 1 aliphatic heterocycles. The number of halogens is 2. The van der Waals surface area contributed by atoms with Gasteiger partial charge in [-0.15, -0.1) is 24.8 Å². The zero-order valence-electron chi connectivity index (χ0n) is 16.2. The standard InChI is InChI=1S/C19H32N2O3.2ClH/c1-16(2)24-10-4-7-20-14-17-5-6-19(22-3)18(13-17)15-21-8-11-23-12-9-21;;/h5-6,13,16,20H,4,7-12,14-15H2,1-3H3;2*1H. The molecule has 1 heterocycles. The molecule has 0 aromatic heterocycles. The van der Waals surface area contributed by atoms with E-state index in [-0.39, 0.29) is 24.8 Å². The normalized spacial score (nSPS) is 14.6. The number of hydrogen-bond acceptors (Lipinski definition) is 5. The number of hydrogen-bond donors (Lipinski definition) is 1. The Balaban J connectivity index is 0.00000312. The second-order valence-corrected chi connectivity index (χ2v) is 6.48. The number of morpholine rings is 1. The Morgan fingerprint density at radius 3 is 2.58 bits per heavy atom. The van der Waals surface area contributed by atoms with E-state index in [1.165, 1.54) is 11.1 Å². The van der Waals surface area contributed by atoms with Crippen LogP contribution >= 0.6 is 24.8 Å². The minimum atomic E-state index is 0. The van der Waals surface area contributed by atoms with Crippen LogP contribution in [-0.4, -0.2) is 57.6 Å². The van der Waals surface area contributed by atoms with Gasteiger partial charge in [0, 0.05) is 38.3 Å². The molecule has 0 aliphatic carbocycles. The summed E-state index contributed by atoms with van der Waals surface area (Å²) in [5.41, 5.74) is 2.55. The first-order valence-electron chi connectivity index (χ1n) is 8.97. The second-order valence-electron chi connectivity index (χ2n) is 6.48. The third-order valence-corrected chi connectivity index (χ3v) is 4.12. The van der Waals surface area contributed by atoms with Crippen LogP contribution in [0.1, 0.15) is 31.4 Å². The quantitative estimate of drug-likeness (QED) is 0.601. The van der Waals surface area contributed by atoms with Gasteiger partial charge in [-0.25, -0.2) is 0 Å². The van der Waals surface area contributed by atoms with Crippen LogP contribution in [0.5, 0.6) is 5.75 Å². The van der Waals surface area contributed by atoms with Gasteiger partial charge < -0.3 is 19.5 Å². The summed E-state index contributed by atoms with van der Waals surface area (Å²) in [7, 11) is 1.74. The average molecular weight is 409 g/mol. The molecule has 5 nitrogen and oxygen atoms in total. The van der Waals surface area contributed by atoms with Crippen LogP contribution in [0.2, 0.25) is 0 Å². The van der Waals surface area contributed by atoms with Crippen molar-refractivity contribution in [2.75, 3.05) is 46.6 Å². The van der Waals surface area contributed by atoms with Gasteiger partial charge in [0.1, 0.15) is 5.75 Å². The molecule has 1 aromatic rings. The summed E-state index contributed by atoms with van der Waals surface area (Å²) in [4.78, 5) is 2.42. The first-order chi connectivity index (χ1) is 11.7. The number of methoxy groups -OCH3 is 1. The lowest BCUT2D eigenvalue weighted by atomic mass is 10.1. The van der Waals surface area contributed by atoms with Gasteiger partial charge >= 0.3 is 0 Å². The van der Waals surface area contributed by atoms with E-state index in [2.05, 4.69) is 42.3 Å². The van der Waals surface area contributed by atoms with Crippen molar-refractivity contribution in [3.05, 3.63) is 29.3 Å². The Labute approximate surface area is 170 Å². The third-order valence-electron chi connectivity index (χ3n) is 4.12. The molecule has 0 amide bonds. The Bertz CT molecular complexity index is 484. The highest BCUT2D eigenvalue weighted by Gasteiger charge is 2.13. The number of benzene rings is 1. The van der Waals surface area contributed by atoms with Gasteiger partial charge in [-0.3, -0.25) is 4.90 Å². The lowest BCUT2D eigenvalue weighted by molar-refractivity contribution is 0.0339. The van der Waals surface area contributed by atoms with Gasteiger partial charge in [-0.1, -0.05) is 6.07 Å². The summed E-state index contributed by atoms with van der Waals surface area (Å²) in [5.74, 6) is 0.968. The summed E-state index contributed by atoms with van der Waals surface area (Å²) < 4.78 is 16.5. The molecule has 152 valence electrons. The third kappa shape index (κ3) is 9.40. The molecule has 2 rings (SSSR count). The Morgan fingerprint density at radius 1 is 1.19 bits per heavy atom. The van der Waals surface area contributed by atoms with Gasteiger partial charge in [0.05, 0.1) is 26.4 Å². The van der Waals surface area contributed by atoms with Gasteiger partial charge in [0.15, 0.2) is 0 Å². The van der Waals surface area contributed by atoms with Gasteiger partial charge in [-0.2, -0.15) is 0 Å². The van der Waals surface area contributed by atoms with E-state index >= 15 is 0 Å². The highest BCUT2D eigenvalue weighted by atomic mass is 35.5. The Kier molecular flexibility index (Phi) is 14.2. The molecule has 1 saturated heterocycles. The maximum absolute atomic E-state index is 5.56. The van der Waals surface area contributed by atoms with Crippen LogP contribution in [0, 0.1) is 0 Å². The fourth-order valence-corrected chi connectivity index (χ4v) is 2.81. The van der Waals surface area contributed by atoms with Crippen LogP contribution < -0.4 is 10.1 Å². The van der Waals surface area contributed by atoms with Crippen molar-refractivity contribution in [2.24, 2.45) is 0 Å². The van der Waals surface area contributed by atoms with E-state index in [1.807, 2.05) is 0 Å². The predicted molar refractivity (Wildman–Crippen MR) is 111 cm³/mol. The predicted octanol–water partition coefficient (Wildman–Crippen LogP) is 3.28. The van der Waals surface area contributed by atoms with Crippen molar-refractivity contribution >= 4 is 24.8 Å². The van der Waals surface area contributed by atoms with E-state index in [0.29, 0.717) is 6.10 Å². The number of ether oxygens (including phenoxy) is 3. The highest BCUT2D eigenvalue weighted by molar-refractivity contribution is 5.85. The molecule has 0 atom stereocenters. The maximum Gasteiger partial charge on any atom is 0.123 e. The van der Waals surface area contributed by atoms with Crippen molar-refractivity contribution in [3.8, 4) is 5.75 Å². The van der Waals surface area contributed by atoms with E-state index in [4.69, 9.17) is 14.2 Å². The summed E-state index contributed by atoms with van der Waals surface area (Å²) in [6.07, 6.45) is 1.35. The van der Waals surface area contributed by atoms with Crippen molar-refractivity contribution in [2.45, 2.75) is 39.5 Å². The Morgan fingerprint density at radius 2 is 1.92 bits per heavy atom. The van der Waals surface area contributed by atoms with Gasteiger partial charge in [0.25, 0.3) is 0 Å².